The lowest BCUT2D eigenvalue weighted by molar-refractivity contribution is -0.126. The Morgan fingerprint density at radius 3 is 2.62 bits per heavy atom. The third-order valence-electron chi connectivity index (χ3n) is 3.97. The van der Waals surface area contributed by atoms with Crippen LogP contribution in [0.25, 0.3) is 0 Å². The minimum Gasteiger partial charge on any atom is -0.312 e. The Morgan fingerprint density at radius 1 is 1.19 bits per heavy atom. The molecule has 3 rings (SSSR count). The molecule has 1 aliphatic heterocycles. The molecule has 0 aliphatic carbocycles. The normalized spacial score (nSPS) is 17.1. The van der Waals surface area contributed by atoms with Crippen molar-refractivity contribution in [2.75, 3.05) is 11.4 Å². The fraction of sp³-hybridized carbons (Fsp3) is 0.167. The van der Waals surface area contributed by atoms with Gasteiger partial charge in [0, 0.05) is 23.1 Å². The van der Waals surface area contributed by atoms with Gasteiger partial charge in [0.1, 0.15) is 0 Å². The molecule has 2 amide bonds. The molecule has 2 aromatic rings. The molecular formula is C18H14BrCl2N3O2. The van der Waals surface area contributed by atoms with E-state index in [2.05, 4.69) is 26.5 Å². The van der Waals surface area contributed by atoms with Crippen molar-refractivity contribution in [3.05, 3.63) is 62.5 Å². The number of anilines is 1. The number of nitrogens with one attached hydrogen (secondary N) is 1. The molecule has 0 saturated carbocycles. The number of hydrogen-bond acceptors (Lipinski definition) is 3. The molecule has 0 spiro atoms. The summed E-state index contributed by atoms with van der Waals surface area (Å²) in [5.74, 6) is -0.827. The van der Waals surface area contributed by atoms with Crippen molar-refractivity contribution in [1.29, 1.82) is 0 Å². The Bertz CT molecular complexity index is 871. The molecule has 2 aromatic carbocycles. The minimum atomic E-state index is -0.447. The van der Waals surface area contributed by atoms with Gasteiger partial charge in [-0.15, -0.1) is 0 Å². The topological polar surface area (TPSA) is 61.8 Å². The number of benzene rings is 2. The summed E-state index contributed by atoms with van der Waals surface area (Å²) < 4.78 is 0.929. The number of halogens is 3. The lowest BCUT2D eigenvalue weighted by Gasteiger charge is -2.16. The van der Waals surface area contributed by atoms with Gasteiger partial charge >= 0.3 is 0 Å². The van der Waals surface area contributed by atoms with E-state index in [0.717, 1.165) is 10.2 Å². The predicted octanol–water partition coefficient (Wildman–Crippen LogP) is 4.26. The van der Waals surface area contributed by atoms with Crippen LogP contribution in [0.5, 0.6) is 0 Å². The first-order valence-electron chi connectivity index (χ1n) is 7.78. The van der Waals surface area contributed by atoms with Crippen LogP contribution < -0.4 is 10.3 Å². The zero-order valence-electron chi connectivity index (χ0n) is 13.5. The van der Waals surface area contributed by atoms with Crippen LogP contribution in [-0.4, -0.2) is 24.6 Å². The number of rotatable bonds is 4. The van der Waals surface area contributed by atoms with E-state index in [1.807, 2.05) is 24.3 Å². The Labute approximate surface area is 169 Å². The van der Waals surface area contributed by atoms with Gasteiger partial charge in [0.15, 0.2) is 0 Å². The van der Waals surface area contributed by atoms with Crippen molar-refractivity contribution in [2.24, 2.45) is 11.0 Å². The third kappa shape index (κ3) is 4.44. The molecule has 1 atom stereocenters. The number of amides is 2. The zero-order valence-corrected chi connectivity index (χ0v) is 16.6. The van der Waals surface area contributed by atoms with E-state index in [-0.39, 0.29) is 18.2 Å². The van der Waals surface area contributed by atoms with E-state index < -0.39 is 5.92 Å². The van der Waals surface area contributed by atoms with Gasteiger partial charge in [-0.2, -0.15) is 5.10 Å². The van der Waals surface area contributed by atoms with E-state index in [1.54, 1.807) is 23.1 Å². The maximum Gasteiger partial charge on any atom is 0.245 e. The predicted molar refractivity (Wildman–Crippen MR) is 107 cm³/mol. The van der Waals surface area contributed by atoms with E-state index in [0.29, 0.717) is 22.2 Å². The summed E-state index contributed by atoms with van der Waals surface area (Å²) in [4.78, 5) is 26.1. The molecule has 0 aromatic heterocycles. The molecule has 134 valence electrons. The molecule has 1 N–H and O–H groups in total. The lowest BCUT2D eigenvalue weighted by atomic mass is 10.1. The second-order valence-electron chi connectivity index (χ2n) is 5.79. The van der Waals surface area contributed by atoms with Gasteiger partial charge < -0.3 is 4.90 Å². The quantitative estimate of drug-likeness (QED) is 0.554. The third-order valence-corrected chi connectivity index (χ3v) is 5.23. The van der Waals surface area contributed by atoms with Crippen LogP contribution in [0.4, 0.5) is 5.69 Å². The monoisotopic (exact) mass is 453 g/mol. The second kappa shape index (κ2) is 8.20. The van der Waals surface area contributed by atoms with Gasteiger partial charge in [-0.1, -0.05) is 45.2 Å². The summed E-state index contributed by atoms with van der Waals surface area (Å²) >= 11 is 15.1. The van der Waals surface area contributed by atoms with Gasteiger partial charge in [0.05, 0.1) is 22.2 Å². The fourth-order valence-corrected chi connectivity index (χ4v) is 3.18. The van der Waals surface area contributed by atoms with Crippen molar-refractivity contribution >= 4 is 62.8 Å². The molecule has 8 heteroatoms. The van der Waals surface area contributed by atoms with Gasteiger partial charge in [-0.05, 0) is 42.0 Å². The fourth-order valence-electron chi connectivity index (χ4n) is 2.61. The van der Waals surface area contributed by atoms with Gasteiger partial charge in [-0.3, -0.25) is 9.59 Å². The zero-order chi connectivity index (χ0) is 18.7. The number of nitrogens with zero attached hydrogens (tertiary/aromatic N) is 2. The lowest BCUT2D eigenvalue weighted by Crippen LogP contribution is -2.30. The van der Waals surface area contributed by atoms with Crippen LogP contribution >= 0.6 is 39.1 Å². The molecular weight excluding hydrogens is 441 g/mol. The minimum absolute atomic E-state index is 0.0825. The van der Waals surface area contributed by atoms with Gasteiger partial charge in [0.25, 0.3) is 0 Å². The van der Waals surface area contributed by atoms with Crippen molar-refractivity contribution in [3.63, 3.8) is 0 Å². The highest BCUT2D eigenvalue weighted by Crippen LogP contribution is 2.26. The number of carbonyl (C=O) groups is 2. The highest BCUT2D eigenvalue weighted by molar-refractivity contribution is 9.10. The summed E-state index contributed by atoms with van der Waals surface area (Å²) in [6, 6.07) is 12.4. The SMILES string of the molecule is O=C(N/N=C\c1ccc(Cl)c(Cl)c1)[C@@H]1CC(=O)N(c2ccc(Br)cc2)C1. The van der Waals surface area contributed by atoms with Gasteiger partial charge in [0.2, 0.25) is 11.8 Å². The Kier molecular flexibility index (Phi) is 5.96. The standard InChI is InChI=1S/C18H14BrCl2N3O2/c19-13-2-4-14(5-3-13)24-10-12(8-17(24)25)18(26)23-22-9-11-1-6-15(20)16(21)7-11/h1-7,9,12H,8,10H2,(H,23,26)/b22-9-/t12-/m1/s1. The molecule has 26 heavy (non-hydrogen) atoms. The second-order valence-corrected chi connectivity index (χ2v) is 7.52. The maximum absolute atomic E-state index is 12.3. The van der Waals surface area contributed by atoms with Crippen LogP contribution in [0.3, 0.4) is 0 Å². The summed E-state index contributed by atoms with van der Waals surface area (Å²) in [6.07, 6.45) is 1.63. The van der Waals surface area contributed by atoms with Crippen LogP contribution in [0.1, 0.15) is 12.0 Å². The molecule has 5 nitrogen and oxygen atoms in total. The first-order valence-corrected chi connectivity index (χ1v) is 9.33. The van der Waals surface area contributed by atoms with Crippen molar-refractivity contribution < 1.29 is 9.59 Å². The summed E-state index contributed by atoms with van der Waals surface area (Å²) in [5, 5.41) is 4.79. The molecule has 0 unspecified atom stereocenters. The molecule has 1 aliphatic rings. The Morgan fingerprint density at radius 2 is 1.92 bits per heavy atom. The smallest absolute Gasteiger partial charge is 0.245 e. The first kappa shape index (κ1) is 18.9. The van der Waals surface area contributed by atoms with E-state index in [1.165, 1.54) is 6.21 Å². The number of hydrazone groups is 1. The Balaban J connectivity index is 1.60. The van der Waals surface area contributed by atoms with Crippen molar-refractivity contribution in [1.82, 2.24) is 5.43 Å². The number of carbonyl (C=O) groups excluding carboxylic acids is 2. The highest BCUT2D eigenvalue weighted by Gasteiger charge is 2.35. The van der Waals surface area contributed by atoms with E-state index in [4.69, 9.17) is 23.2 Å². The van der Waals surface area contributed by atoms with E-state index >= 15 is 0 Å². The van der Waals surface area contributed by atoms with Crippen LogP contribution in [0, 0.1) is 5.92 Å². The Hall–Kier alpha value is -1.89. The highest BCUT2D eigenvalue weighted by atomic mass is 79.9. The molecule has 1 heterocycles. The average Bonchev–Trinajstić information content (AvgIpc) is 3.00. The van der Waals surface area contributed by atoms with Gasteiger partial charge in [-0.25, -0.2) is 5.43 Å². The largest absolute Gasteiger partial charge is 0.312 e. The molecule has 0 bridgehead atoms. The van der Waals surface area contributed by atoms with Crippen molar-refractivity contribution in [3.8, 4) is 0 Å². The molecule has 1 saturated heterocycles. The first-order chi connectivity index (χ1) is 12.4. The summed E-state index contributed by atoms with van der Waals surface area (Å²) in [6.45, 7) is 0.328. The molecule has 0 radical (unpaired) electrons. The van der Waals surface area contributed by atoms with Crippen LogP contribution in [0.2, 0.25) is 10.0 Å². The number of hydrogen-bond donors (Lipinski definition) is 1. The molecule has 1 fully saturated rings. The average molecular weight is 455 g/mol. The summed E-state index contributed by atoms with van der Waals surface area (Å²) in [5.41, 5.74) is 3.96. The van der Waals surface area contributed by atoms with E-state index in [9.17, 15) is 9.59 Å². The van der Waals surface area contributed by atoms with Crippen molar-refractivity contribution in [2.45, 2.75) is 6.42 Å². The van der Waals surface area contributed by atoms with Crippen LogP contribution in [0.15, 0.2) is 52.0 Å². The summed E-state index contributed by atoms with van der Waals surface area (Å²) in [7, 11) is 0. The van der Waals surface area contributed by atoms with Crippen LogP contribution in [-0.2, 0) is 9.59 Å². The maximum atomic E-state index is 12.3.